The van der Waals surface area contributed by atoms with E-state index in [9.17, 15) is 9.59 Å². The van der Waals surface area contributed by atoms with Gasteiger partial charge in [0.1, 0.15) is 0 Å². The Bertz CT molecular complexity index is 663. The van der Waals surface area contributed by atoms with Gasteiger partial charge in [0.2, 0.25) is 5.91 Å². The average molecular weight is 380 g/mol. The van der Waals surface area contributed by atoms with Crippen molar-refractivity contribution in [1.82, 2.24) is 10.2 Å². The van der Waals surface area contributed by atoms with Crippen molar-refractivity contribution in [2.75, 3.05) is 31.5 Å². The predicted octanol–water partition coefficient (Wildman–Crippen LogP) is 3.23. The molecule has 1 aromatic rings. The zero-order valence-electron chi connectivity index (χ0n) is 15.9. The van der Waals surface area contributed by atoms with Crippen LogP contribution < -0.4 is 10.6 Å². The fraction of sp³-hybridized carbons (Fsp3) is 0.600. The number of carbonyl (C=O) groups is 2. The zero-order chi connectivity index (χ0) is 18.0. The molecule has 5 nitrogen and oxygen atoms in total. The standard InChI is InChI=1S/C20H29N3O2.ClH/c1-14-6-10-23(11-7-14)18(24)16-4-5-17(15(2)12-16)22-19(25)20(3)8-9-21-13-20;/h4-5,12,14,21H,6-11,13H2,1-3H3,(H,22,25);1H. The van der Waals surface area contributed by atoms with Gasteiger partial charge in [0, 0.05) is 30.9 Å². The van der Waals surface area contributed by atoms with Crippen molar-refractivity contribution in [2.24, 2.45) is 11.3 Å². The summed E-state index contributed by atoms with van der Waals surface area (Å²) in [5.74, 6) is 0.847. The highest BCUT2D eigenvalue weighted by atomic mass is 35.5. The molecule has 2 N–H and O–H groups in total. The van der Waals surface area contributed by atoms with E-state index in [0.29, 0.717) is 18.0 Å². The van der Waals surface area contributed by atoms with E-state index in [-0.39, 0.29) is 29.6 Å². The summed E-state index contributed by atoms with van der Waals surface area (Å²) in [6.07, 6.45) is 3.00. The molecule has 0 radical (unpaired) electrons. The van der Waals surface area contributed by atoms with Crippen molar-refractivity contribution >= 4 is 29.9 Å². The molecule has 26 heavy (non-hydrogen) atoms. The first-order chi connectivity index (χ1) is 11.9. The fourth-order valence-corrected chi connectivity index (χ4v) is 3.62. The van der Waals surface area contributed by atoms with Crippen LogP contribution in [0.4, 0.5) is 5.69 Å². The van der Waals surface area contributed by atoms with Gasteiger partial charge in [-0.05, 0) is 69.3 Å². The van der Waals surface area contributed by atoms with Crippen molar-refractivity contribution in [3.05, 3.63) is 29.3 Å². The van der Waals surface area contributed by atoms with Crippen molar-refractivity contribution in [1.29, 1.82) is 0 Å². The largest absolute Gasteiger partial charge is 0.339 e. The van der Waals surface area contributed by atoms with E-state index in [1.807, 2.05) is 36.9 Å². The Hall–Kier alpha value is -1.59. The van der Waals surface area contributed by atoms with Gasteiger partial charge >= 0.3 is 0 Å². The molecule has 3 rings (SSSR count). The molecule has 1 atom stereocenters. The molecule has 0 saturated carbocycles. The molecule has 0 aromatic heterocycles. The number of rotatable bonds is 3. The van der Waals surface area contributed by atoms with Crippen LogP contribution in [-0.4, -0.2) is 42.9 Å². The van der Waals surface area contributed by atoms with Gasteiger partial charge in [-0.3, -0.25) is 9.59 Å². The molecular weight excluding hydrogens is 350 g/mol. The third-order valence-electron chi connectivity index (χ3n) is 5.71. The normalized spacial score (nSPS) is 23.4. The molecule has 2 aliphatic heterocycles. The lowest BCUT2D eigenvalue weighted by molar-refractivity contribution is -0.123. The van der Waals surface area contributed by atoms with Crippen molar-refractivity contribution in [3.63, 3.8) is 0 Å². The molecule has 0 spiro atoms. The van der Waals surface area contributed by atoms with Gasteiger partial charge in [-0.1, -0.05) is 6.92 Å². The molecule has 6 heteroatoms. The maximum Gasteiger partial charge on any atom is 0.253 e. The monoisotopic (exact) mass is 379 g/mol. The third-order valence-corrected chi connectivity index (χ3v) is 5.71. The summed E-state index contributed by atoms with van der Waals surface area (Å²) in [7, 11) is 0. The molecule has 2 heterocycles. The second-order valence-corrected chi connectivity index (χ2v) is 7.95. The van der Waals surface area contributed by atoms with Crippen LogP contribution in [0.2, 0.25) is 0 Å². The number of carbonyl (C=O) groups excluding carboxylic acids is 2. The maximum atomic E-state index is 12.7. The average Bonchev–Trinajstić information content (AvgIpc) is 3.05. The molecule has 1 unspecified atom stereocenters. The Kier molecular flexibility index (Phi) is 6.69. The summed E-state index contributed by atoms with van der Waals surface area (Å²) in [6.45, 7) is 9.44. The fourth-order valence-electron chi connectivity index (χ4n) is 3.62. The van der Waals surface area contributed by atoms with Crippen LogP contribution in [0.15, 0.2) is 18.2 Å². The molecule has 0 bridgehead atoms. The van der Waals surface area contributed by atoms with Gasteiger partial charge in [-0.25, -0.2) is 0 Å². The summed E-state index contributed by atoms with van der Waals surface area (Å²) < 4.78 is 0. The highest BCUT2D eigenvalue weighted by Gasteiger charge is 2.36. The van der Waals surface area contributed by atoms with Crippen molar-refractivity contribution in [3.8, 4) is 0 Å². The van der Waals surface area contributed by atoms with Crippen LogP contribution in [0.1, 0.15) is 49.0 Å². The van der Waals surface area contributed by atoms with Crippen LogP contribution >= 0.6 is 12.4 Å². The van der Waals surface area contributed by atoms with Crippen LogP contribution in [0.25, 0.3) is 0 Å². The maximum absolute atomic E-state index is 12.7. The summed E-state index contributed by atoms with van der Waals surface area (Å²) in [5.41, 5.74) is 2.07. The quantitative estimate of drug-likeness (QED) is 0.847. The smallest absolute Gasteiger partial charge is 0.253 e. The number of piperidine rings is 1. The van der Waals surface area contributed by atoms with Gasteiger partial charge in [-0.2, -0.15) is 0 Å². The number of amides is 2. The number of aryl methyl sites for hydroxylation is 1. The number of anilines is 1. The Morgan fingerprint density at radius 3 is 2.54 bits per heavy atom. The SMILES string of the molecule is Cc1cc(C(=O)N2CCC(C)CC2)ccc1NC(=O)C1(C)CCNC1.Cl. The predicted molar refractivity (Wildman–Crippen MR) is 107 cm³/mol. The van der Waals surface area contributed by atoms with Crippen LogP contribution in [0.5, 0.6) is 0 Å². The highest BCUT2D eigenvalue weighted by molar-refractivity contribution is 5.98. The van der Waals surface area contributed by atoms with Crippen LogP contribution in [0, 0.1) is 18.3 Å². The molecule has 2 amide bonds. The number of halogens is 1. The van der Waals surface area contributed by atoms with E-state index in [2.05, 4.69) is 17.6 Å². The first-order valence-electron chi connectivity index (χ1n) is 9.31. The van der Waals surface area contributed by atoms with E-state index >= 15 is 0 Å². The van der Waals surface area contributed by atoms with Crippen molar-refractivity contribution in [2.45, 2.75) is 40.0 Å². The molecule has 2 saturated heterocycles. The molecule has 144 valence electrons. The minimum atomic E-state index is -0.356. The van der Waals surface area contributed by atoms with Gasteiger partial charge in [-0.15, -0.1) is 12.4 Å². The molecule has 1 aromatic carbocycles. The first-order valence-corrected chi connectivity index (χ1v) is 9.31. The Labute approximate surface area is 162 Å². The minimum Gasteiger partial charge on any atom is -0.339 e. The Balaban J connectivity index is 0.00000243. The zero-order valence-corrected chi connectivity index (χ0v) is 16.7. The van der Waals surface area contributed by atoms with Gasteiger partial charge in [0.05, 0.1) is 5.41 Å². The summed E-state index contributed by atoms with van der Waals surface area (Å²) in [4.78, 5) is 27.2. The second kappa shape index (κ2) is 8.40. The van der Waals surface area contributed by atoms with Crippen LogP contribution in [-0.2, 0) is 4.79 Å². The van der Waals surface area contributed by atoms with E-state index in [1.54, 1.807) is 0 Å². The van der Waals surface area contributed by atoms with Gasteiger partial charge < -0.3 is 15.5 Å². The van der Waals surface area contributed by atoms with Gasteiger partial charge in [0.15, 0.2) is 0 Å². The summed E-state index contributed by atoms with van der Waals surface area (Å²) >= 11 is 0. The lowest BCUT2D eigenvalue weighted by atomic mass is 9.88. The molecule has 2 fully saturated rings. The van der Waals surface area contributed by atoms with Crippen molar-refractivity contribution < 1.29 is 9.59 Å². The minimum absolute atomic E-state index is 0. The van der Waals surface area contributed by atoms with Crippen LogP contribution in [0.3, 0.4) is 0 Å². The van der Waals surface area contributed by atoms with Gasteiger partial charge in [0.25, 0.3) is 5.91 Å². The lowest BCUT2D eigenvalue weighted by Gasteiger charge is -2.30. The number of likely N-dealkylation sites (tertiary alicyclic amines) is 1. The molecular formula is C20H30ClN3O2. The third kappa shape index (κ3) is 4.38. The lowest BCUT2D eigenvalue weighted by Crippen LogP contribution is -2.38. The van der Waals surface area contributed by atoms with E-state index in [1.165, 1.54) is 0 Å². The topological polar surface area (TPSA) is 61.4 Å². The number of nitrogens with one attached hydrogen (secondary N) is 2. The highest BCUT2D eigenvalue weighted by Crippen LogP contribution is 2.28. The number of nitrogens with zero attached hydrogens (tertiary/aromatic N) is 1. The number of benzene rings is 1. The number of hydrogen-bond acceptors (Lipinski definition) is 3. The van der Waals surface area contributed by atoms with E-state index in [4.69, 9.17) is 0 Å². The first kappa shape index (κ1) is 20.7. The van der Waals surface area contributed by atoms with E-state index < -0.39 is 0 Å². The second-order valence-electron chi connectivity index (χ2n) is 7.95. The Morgan fingerprint density at radius 1 is 1.27 bits per heavy atom. The molecule has 0 aliphatic carbocycles. The Morgan fingerprint density at radius 2 is 1.96 bits per heavy atom. The molecule has 2 aliphatic rings. The summed E-state index contributed by atoms with van der Waals surface area (Å²) in [6, 6.07) is 5.59. The summed E-state index contributed by atoms with van der Waals surface area (Å²) in [5, 5.41) is 6.29. The number of hydrogen-bond donors (Lipinski definition) is 2. The van der Waals surface area contributed by atoms with E-state index in [0.717, 1.165) is 50.1 Å².